The van der Waals surface area contributed by atoms with Crippen molar-refractivity contribution in [2.45, 2.75) is 20.3 Å². The number of hydrogen-bond acceptors (Lipinski definition) is 5. The van der Waals surface area contributed by atoms with Crippen molar-refractivity contribution in [1.29, 1.82) is 0 Å². The maximum Gasteiger partial charge on any atom is 0.225 e. The Bertz CT molecular complexity index is 889. The van der Waals surface area contributed by atoms with E-state index in [1.807, 2.05) is 59.7 Å². The first-order valence-corrected chi connectivity index (χ1v) is 10.1. The summed E-state index contributed by atoms with van der Waals surface area (Å²) in [5.41, 5.74) is 2.96. The Balaban J connectivity index is 1.50. The van der Waals surface area contributed by atoms with E-state index < -0.39 is 0 Å². The van der Waals surface area contributed by atoms with Crippen molar-refractivity contribution >= 4 is 5.95 Å². The number of benzene rings is 1. The van der Waals surface area contributed by atoms with Crippen LogP contribution in [0, 0.1) is 5.92 Å². The molecule has 28 heavy (non-hydrogen) atoms. The second-order valence-electron chi connectivity index (χ2n) is 7.79. The van der Waals surface area contributed by atoms with Crippen LogP contribution in [0.3, 0.4) is 0 Å². The normalized spacial score (nSPS) is 15.8. The molecule has 0 saturated carbocycles. The fraction of sp³-hybridized carbons (Fsp3) is 0.409. The molecule has 3 aromatic rings. The van der Waals surface area contributed by atoms with Gasteiger partial charge in [-0.3, -0.25) is 0 Å². The van der Waals surface area contributed by atoms with E-state index in [0.29, 0.717) is 5.92 Å². The number of nitrogens with zero attached hydrogens (tertiary/aromatic N) is 6. The van der Waals surface area contributed by atoms with Gasteiger partial charge < -0.3 is 9.80 Å². The van der Waals surface area contributed by atoms with Gasteiger partial charge in [0, 0.05) is 44.1 Å². The summed E-state index contributed by atoms with van der Waals surface area (Å²) in [6.45, 7) is 9.92. The highest BCUT2D eigenvalue weighted by Gasteiger charge is 2.18. The lowest BCUT2D eigenvalue weighted by Gasteiger charge is -2.23. The van der Waals surface area contributed by atoms with Crippen molar-refractivity contribution in [2.24, 2.45) is 5.92 Å². The van der Waals surface area contributed by atoms with Gasteiger partial charge in [-0.2, -0.15) is 5.10 Å². The summed E-state index contributed by atoms with van der Waals surface area (Å²) in [7, 11) is 0. The van der Waals surface area contributed by atoms with Crippen LogP contribution in [0.25, 0.3) is 16.9 Å². The first kappa shape index (κ1) is 18.6. The highest BCUT2D eigenvalue weighted by molar-refractivity contribution is 5.59. The van der Waals surface area contributed by atoms with Crippen molar-refractivity contribution in [3.63, 3.8) is 0 Å². The Morgan fingerprint density at radius 2 is 1.86 bits per heavy atom. The maximum absolute atomic E-state index is 4.84. The molecule has 0 spiro atoms. The van der Waals surface area contributed by atoms with E-state index >= 15 is 0 Å². The van der Waals surface area contributed by atoms with Gasteiger partial charge in [-0.25, -0.2) is 14.6 Å². The third-order valence-electron chi connectivity index (χ3n) is 5.04. The van der Waals surface area contributed by atoms with Crippen molar-refractivity contribution in [1.82, 2.24) is 24.6 Å². The average molecular weight is 377 g/mol. The summed E-state index contributed by atoms with van der Waals surface area (Å²) in [6, 6.07) is 12.1. The minimum absolute atomic E-state index is 0.701. The average Bonchev–Trinajstić information content (AvgIpc) is 3.10. The Hall–Kier alpha value is -2.73. The summed E-state index contributed by atoms with van der Waals surface area (Å²) in [6.07, 6.45) is 6.89. The summed E-state index contributed by atoms with van der Waals surface area (Å²) >= 11 is 0. The van der Waals surface area contributed by atoms with E-state index in [1.165, 1.54) is 0 Å². The van der Waals surface area contributed by atoms with E-state index in [1.54, 1.807) is 0 Å². The van der Waals surface area contributed by atoms with Crippen LogP contribution in [0.2, 0.25) is 0 Å². The monoisotopic (exact) mass is 376 g/mol. The number of anilines is 1. The highest BCUT2D eigenvalue weighted by atomic mass is 15.3. The van der Waals surface area contributed by atoms with Gasteiger partial charge in [0.1, 0.15) is 0 Å². The van der Waals surface area contributed by atoms with Crippen LogP contribution in [0.1, 0.15) is 20.3 Å². The molecule has 0 unspecified atom stereocenters. The Labute approximate surface area is 166 Å². The van der Waals surface area contributed by atoms with E-state index in [-0.39, 0.29) is 0 Å². The summed E-state index contributed by atoms with van der Waals surface area (Å²) in [4.78, 5) is 14.3. The van der Waals surface area contributed by atoms with Crippen LogP contribution in [0.4, 0.5) is 5.95 Å². The highest BCUT2D eigenvalue weighted by Crippen LogP contribution is 2.21. The predicted octanol–water partition coefficient (Wildman–Crippen LogP) is 3.50. The number of aromatic nitrogens is 4. The standard InChI is InChI=1S/C22H28N6/c1-18(2)16-26-11-6-12-27(14-13-26)22-23-10-9-21(25-22)19-15-24-28(17-19)20-7-4-3-5-8-20/h3-5,7-10,15,17-18H,6,11-14,16H2,1-2H3. The zero-order valence-corrected chi connectivity index (χ0v) is 16.7. The summed E-state index contributed by atoms with van der Waals surface area (Å²) in [5, 5.41) is 4.49. The molecule has 4 rings (SSSR count). The largest absolute Gasteiger partial charge is 0.339 e. The molecule has 0 amide bonds. The number of para-hydroxylation sites is 1. The van der Waals surface area contributed by atoms with E-state index in [4.69, 9.17) is 4.98 Å². The van der Waals surface area contributed by atoms with Crippen LogP contribution in [0.15, 0.2) is 55.0 Å². The zero-order chi connectivity index (χ0) is 19.3. The fourth-order valence-electron chi connectivity index (χ4n) is 3.71. The van der Waals surface area contributed by atoms with Gasteiger partial charge in [-0.15, -0.1) is 0 Å². The second kappa shape index (κ2) is 8.52. The molecule has 2 aromatic heterocycles. The number of rotatable bonds is 5. The Morgan fingerprint density at radius 1 is 1.00 bits per heavy atom. The Morgan fingerprint density at radius 3 is 2.68 bits per heavy atom. The molecule has 0 N–H and O–H groups in total. The molecule has 3 heterocycles. The van der Waals surface area contributed by atoms with Crippen LogP contribution < -0.4 is 4.90 Å². The molecule has 1 aromatic carbocycles. The maximum atomic E-state index is 4.84. The van der Waals surface area contributed by atoms with Crippen molar-refractivity contribution in [2.75, 3.05) is 37.6 Å². The third-order valence-corrected chi connectivity index (χ3v) is 5.04. The van der Waals surface area contributed by atoms with Gasteiger partial charge in [0.05, 0.1) is 17.6 Å². The molecule has 0 bridgehead atoms. The third kappa shape index (κ3) is 4.39. The van der Waals surface area contributed by atoms with Crippen LogP contribution in [-0.4, -0.2) is 57.4 Å². The van der Waals surface area contributed by atoms with E-state index in [0.717, 1.165) is 62.0 Å². The molecular formula is C22H28N6. The van der Waals surface area contributed by atoms with Gasteiger partial charge in [0.15, 0.2) is 0 Å². The topological polar surface area (TPSA) is 50.1 Å². The Kier molecular flexibility index (Phi) is 5.67. The van der Waals surface area contributed by atoms with Crippen molar-refractivity contribution < 1.29 is 0 Å². The van der Waals surface area contributed by atoms with Crippen LogP contribution in [0.5, 0.6) is 0 Å². The van der Waals surface area contributed by atoms with Gasteiger partial charge in [-0.1, -0.05) is 32.0 Å². The van der Waals surface area contributed by atoms with Gasteiger partial charge in [-0.05, 0) is 37.1 Å². The molecule has 1 aliphatic heterocycles. The lowest BCUT2D eigenvalue weighted by atomic mass is 10.2. The van der Waals surface area contributed by atoms with E-state index in [2.05, 4.69) is 33.7 Å². The summed E-state index contributed by atoms with van der Waals surface area (Å²) in [5.74, 6) is 1.52. The molecule has 1 aliphatic rings. The molecule has 0 atom stereocenters. The van der Waals surface area contributed by atoms with Crippen molar-refractivity contribution in [3.05, 3.63) is 55.0 Å². The van der Waals surface area contributed by atoms with Crippen molar-refractivity contribution in [3.8, 4) is 16.9 Å². The first-order valence-electron chi connectivity index (χ1n) is 10.1. The molecular weight excluding hydrogens is 348 g/mol. The predicted molar refractivity (Wildman–Crippen MR) is 113 cm³/mol. The van der Waals surface area contributed by atoms with Crippen LogP contribution in [-0.2, 0) is 0 Å². The quantitative estimate of drug-likeness (QED) is 0.682. The zero-order valence-electron chi connectivity index (χ0n) is 16.7. The molecule has 6 heteroatoms. The lowest BCUT2D eigenvalue weighted by Crippen LogP contribution is -2.33. The second-order valence-corrected chi connectivity index (χ2v) is 7.79. The van der Waals surface area contributed by atoms with Crippen LogP contribution >= 0.6 is 0 Å². The molecule has 0 radical (unpaired) electrons. The molecule has 146 valence electrons. The summed E-state index contributed by atoms with van der Waals surface area (Å²) < 4.78 is 1.88. The van der Waals surface area contributed by atoms with E-state index in [9.17, 15) is 0 Å². The van der Waals surface area contributed by atoms with Gasteiger partial charge >= 0.3 is 0 Å². The molecule has 6 nitrogen and oxygen atoms in total. The fourth-order valence-corrected chi connectivity index (χ4v) is 3.71. The van der Waals surface area contributed by atoms with Gasteiger partial charge in [0.2, 0.25) is 5.95 Å². The molecule has 1 fully saturated rings. The lowest BCUT2D eigenvalue weighted by molar-refractivity contribution is 0.261. The smallest absolute Gasteiger partial charge is 0.225 e. The molecule has 1 saturated heterocycles. The first-order chi connectivity index (χ1) is 13.7. The molecule has 0 aliphatic carbocycles. The SMILES string of the molecule is CC(C)CN1CCCN(c2nccc(-c3cnn(-c4ccccc4)c3)n2)CC1. The minimum atomic E-state index is 0.701. The van der Waals surface area contributed by atoms with Gasteiger partial charge in [0.25, 0.3) is 0 Å². The number of hydrogen-bond donors (Lipinski definition) is 0. The minimum Gasteiger partial charge on any atom is -0.339 e.